The van der Waals surface area contributed by atoms with E-state index in [0.29, 0.717) is 5.75 Å². The third-order valence-corrected chi connectivity index (χ3v) is 2.60. The first-order chi connectivity index (χ1) is 9.53. The van der Waals surface area contributed by atoms with Crippen LogP contribution in [-0.4, -0.2) is 44.8 Å². The standard InChI is InChI=1S/C12H16N2O6/c1-13-9(12(15)19-3)7-20-11-5-4-8(18-2)6-10(11)14(16)17/h4-6,9,13H,7H2,1-3H3. The molecule has 1 rings (SSSR count). The Balaban J connectivity index is 2.86. The smallest absolute Gasteiger partial charge is 0.326 e. The van der Waals surface area contributed by atoms with Gasteiger partial charge in [-0.1, -0.05) is 0 Å². The minimum Gasteiger partial charge on any atom is -0.496 e. The number of ether oxygens (including phenoxy) is 3. The van der Waals surface area contributed by atoms with E-state index in [1.54, 1.807) is 7.05 Å². The van der Waals surface area contributed by atoms with Crippen molar-refractivity contribution in [2.45, 2.75) is 6.04 Å². The van der Waals surface area contributed by atoms with Gasteiger partial charge < -0.3 is 19.5 Å². The number of methoxy groups -OCH3 is 2. The highest BCUT2D eigenvalue weighted by Crippen LogP contribution is 2.31. The number of carbonyl (C=O) groups is 1. The molecule has 1 unspecified atom stereocenters. The van der Waals surface area contributed by atoms with Crippen molar-refractivity contribution in [3.8, 4) is 11.5 Å². The van der Waals surface area contributed by atoms with Crippen LogP contribution in [0.15, 0.2) is 18.2 Å². The summed E-state index contributed by atoms with van der Waals surface area (Å²) in [4.78, 5) is 21.7. The van der Waals surface area contributed by atoms with Crippen LogP contribution in [0.1, 0.15) is 0 Å². The number of hydrogen-bond acceptors (Lipinski definition) is 7. The summed E-state index contributed by atoms with van der Waals surface area (Å²) in [6, 6.07) is 3.50. The molecular weight excluding hydrogens is 268 g/mol. The van der Waals surface area contributed by atoms with E-state index in [9.17, 15) is 14.9 Å². The number of carbonyl (C=O) groups excluding carboxylic acids is 1. The van der Waals surface area contributed by atoms with Crippen molar-refractivity contribution in [1.29, 1.82) is 0 Å². The molecule has 0 heterocycles. The number of hydrogen-bond donors (Lipinski definition) is 1. The van der Waals surface area contributed by atoms with Gasteiger partial charge in [0.1, 0.15) is 18.4 Å². The number of nitro benzene ring substituents is 1. The Hall–Kier alpha value is -2.35. The topological polar surface area (TPSA) is 99.9 Å². The summed E-state index contributed by atoms with van der Waals surface area (Å²) >= 11 is 0. The summed E-state index contributed by atoms with van der Waals surface area (Å²) in [6.07, 6.45) is 0. The molecule has 110 valence electrons. The van der Waals surface area contributed by atoms with Crippen LogP contribution in [0, 0.1) is 10.1 Å². The minimum absolute atomic E-state index is 0.0555. The molecule has 0 saturated heterocycles. The zero-order valence-corrected chi connectivity index (χ0v) is 11.4. The van der Waals surface area contributed by atoms with E-state index < -0.39 is 16.9 Å². The zero-order valence-electron chi connectivity index (χ0n) is 11.4. The van der Waals surface area contributed by atoms with Crippen molar-refractivity contribution >= 4 is 11.7 Å². The second-order valence-electron chi connectivity index (χ2n) is 3.77. The Labute approximate surface area is 115 Å². The Morgan fingerprint density at radius 2 is 2.15 bits per heavy atom. The Bertz CT molecular complexity index is 491. The molecule has 1 atom stereocenters. The van der Waals surface area contributed by atoms with Crippen molar-refractivity contribution in [3.63, 3.8) is 0 Å². The van der Waals surface area contributed by atoms with Crippen LogP contribution in [0.25, 0.3) is 0 Å². The summed E-state index contributed by atoms with van der Waals surface area (Å²) < 4.78 is 14.8. The number of nitrogens with one attached hydrogen (secondary N) is 1. The molecule has 0 aliphatic carbocycles. The third kappa shape index (κ3) is 3.82. The van der Waals surface area contributed by atoms with Crippen LogP contribution in [0.2, 0.25) is 0 Å². The van der Waals surface area contributed by atoms with Crippen LogP contribution in [0.4, 0.5) is 5.69 Å². The van der Waals surface area contributed by atoms with E-state index in [1.165, 1.54) is 32.4 Å². The number of nitro groups is 1. The van der Waals surface area contributed by atoms with Crippen molar-refractivity contribution < 1.29 is 23.9 Å². The quantitative estimate of drug-likeness (QED) is 0.448. The zero-order chi connectivity index (χ0) is 15.1. The summed E-state index contributed by atoms with van der Waals surface area (Å²) in [5.74, 6) is -0.106. The maximum absolute atomic E-state index is 11.4. The first-order valence-corrected chi connectivity index (χ1v) is 5.73. The molecule has 1 aromatic rings. The Kier molecular flexibility index (Phi) is 5.73. The summed E-state index contributed by atoms with van der Waals surface area (Å²) in [5.41, 5.74) is -0.232. The fourth-order valence-corrected chi connectivity index (χ4v) is 1.47. The van der Waals surface area contributed by atoms with Gasteiger partial charge in [0, 0.05) is 0 Å². The van der Waals surface area contributed by atoms with Gasteiger partial charge in [0.25, 0.3) is 0 Å². The molecule has 0 fully saturated rings. The van der Waals surface area contributed by atoms with Gasteiger partial charge in [-0.3, -0.25) is 14.9 Å². The van der Waals surface area contributed by atoms with Crippen LogP contribution in [-0.2, 0) is 9.53 Å². The summed E-state index contributed by atoms with van der Waals surface area (Å²) in [5, 5.41) is 13.7. The highest BCUT2D eigenvalue weighted by molar-refractivity contribution is 5.75. The van der Waals surface area contributed by atoms with Crippen LogP contribution in [0.5, 0.6) is 11.5 Å². The van der Waals surface area contributed by atoms with Crippen LogP contribution >= 0.6 is 0 Å². The molecule has 0 radical (unpaired) electrons. The van der Waals surface area contributed by atoms with Crippen molar-refractivity contribution in [1.82, 2.24) is 5.32 Å². The predicted octanol–water partition coefficient (Wildman–Crippen LogP) is 0.743. The molecule has 1 N–H and O–H groups in total. The lowest BCUT2D eigenvalue weighted by Crippen LogP contribution is -2.40. The molecular formula is C12H16N2O6. The van der Waals surface area contributed by atoms with Gasteiger partial charge >= 0.3 is 11.7 Å². The molecule has 1 aromatic carbocycles. The lowest BCUT2D eigenvalue weighted by atomic mass is 10.2. The highest BCUT2D eigenvalue weighted by atomic mass is 16.6. The van der Waals surface area contributed by atoms with Crippen LogP contribution in [0.3, 0.4) is 0 Å². The van der Waals surface area contributed by atoms with Crippen molar-refractivity contribution in [3.05, 3.63) is 28.3 Å². The number of rotatable bonds is 7. The first kappa shape index (κ1) is 15.7. The Morgan fingerprint density at radius 3 is 2.65 bits per heavy atom. The molecule has 0 spiro atoms. The van der Waals surface area contributed by atoms with Crippen molar-refractivity contribution in [2.24, 2.45) is 0 Å². The monoisotopic (exact) mass is 284 g/mol. The van der Waals surface area contributed by atoms with Gasteiger partial charge in [-0.25, -0.2) is 0 Å². The van der Waals surface area contributed by atoms with E-state index in [1.807, 2.05) is 0 Å². The second-order valence-corrected chi connectivity index (χ2v) is 3.77. The SMILES string of the molecule is CNC(COc1ccc(OC)cc1[N+](=O)[O-])C(=O)OC. The number of benzene rings is 1. The largest absolute Gasteiger partial charge is 0.496 e. The first-order valence-electron chi connectivity index (χ1n) is 5.73. The molecule has 20 heavy (non-hydrogen) atoms. The highest BCUT2D eigenvalue weighted by Gasteiger charge is 2.21. The lowest BCUT2D eigenvalue weighted by molar-refractivity contribution is -0.386. The second kappa shape index (κ2) is 7.29. The molecule has 0 aliphatic rings. The van der Waals surface area contributed by atoms with Gasteiger partial charge in [-0.2, -0.15) is 0 Å². The average Bonchev–Trinajstić information content (AvgIpc) is 2.47. The molecule has 0 bridgehead atoms. The normalized spacial score (nSPS) is 11.6. The van der Waals surface area contributed by atoms with Gasteiger partial charge in [0.2, 0.25) is 0 Å². The number of esters is 1. The molecule has 8 heteroatoms. The summed E-state index contributed by atoms with van der Waals surface area (Å²) in [7, 11) is 4.23. The van der Waals surface area contributed by atoms with Gasteiger partial charge in [0.15, 0.2) is 5.75 Å². The maximum Gasteiger partial charge on any atom is 0.326 e. The number of likely N-dealkylation sites (N-methyl/N-ethyl adjacent to an activating group) is 1. The van der Waals surface area contributed by atoms with E-state index in [0.717, 1.165) is 0 Å². The van der Waals surface area contributed by atoms with E-state index in [-0.39, 0.29) is 18.0 Å². The van der Waals surface area contributed by atoms with Crippen molar-refractivity contribution in [2.75, 3.05) is 27.9 Å². The van der Waals surface area contributed by atoms with E-state index in [2.05, 4.69) is 10.1 Å². The number of nitrogens with zero attached hydrogens (tertiary/aromatic N) is 1. The Morgan fingerprint density at radius 1 is 1.45 bits per heavy atom. The van der Waals surface area contributed by atoms with Gasteiger partial charge in [-0.15, -0.1) is 0 Å². The molecule has 0 aromatic heterocycles. The van der Waals surface area contributed by atoms with Gasteiger partial charge in [-0.05, 0) is 19.2 Å². The third-order valence-electron chi connectivity index (χ3n) is 2.60. The molecule has 8 nitrogen and oxygen atoms in total. The van der Waals surface area contributed by atoms with Gasteiger partial charge in [0.05, 0.1) is 25.2 Å². The minimum atomic E-state index is -0.707. The maximum atomic E-state index is 11.4. The average molecular weight is 284 g/mol. The predicted molar refractivity (Wildman–Crippen MR) is 70.0 cm³/mol. The lowest BCUT2D eigenvalue weighted by Gasteiger charge is -2.14. The fourth-order valence-electron chi connectivity index (χ4n) is 1.47. The van der Waals surface area contributed by atoms with E-state index >= 15 is 0 Å². The summed E-state index contributed by atoms with van der Waals surface area (Å²) in [6.45, 7) is -0.0870. The molecule has 0 amide bonds. The van der Waals surface area contributed by atoms with Crippen LogP contribution < -0.4 is 14.8 Å². The van der Waals surface area contributed by atoms with E-state index in [4.69, 9.17) is 9.47 Å². The fraction of sp³-hybridized carbons (Fsp3) is 0.417. The molecule has 0 saturated carbocycles. The molecule has 0 aliphatic heterocycles.